The summed E-state index contributed by atoms with van der Waals surface area (Å²) in [6, 6.07) is 7.72. The summed E-state index contributed by atoms with van der Waals surface area (Å²) < 4.78 is 10.9. The van der Waals surface area contributed by atoms with E-state index in [1.807, 2.05) is 24.3 Å². The van der Waals surface area contributed by atoms with Gasteiger partial charge >= 0.3 is 5.97 Å². The number of nitrogens with two attached hydrogens (primary N) is 1. The van der Waals surface area contributed by atoms with E-state index in [2.05, 4.69) is 18.7 Å². The Hall–Kier alpha value is -2.94. The molecule has 2 N–H and O–H groups in total. The molecule has 0 aromatic heterocycles. The number of esters is 1. The van der Waals surface area contributed by atoms with Crippen LogP contribution < -0.4 is 15.4 Å². The molecule has 0 radical (unpaired) electrons. The topological polar surface area (TPSA) is 88.6 Å². The fourth-order valence-electron chi connectivity index (χ4n) is 2.52. The van der Waals surface area contributed by atoms with Gasteiger partial charge < -0.3 is 20.1 Å². The molecule has 1 aliphatic heterocycles. The van der Waals surface area contributed by atoms with E-state index in [0.717, 1.165) is 29.9 Å². The molecular formula is C18H21N3O3. The third-order valence-electron chi connectivity index (χ3n) is 3.78. The highest BCUT2D eigenvalue weighted by molar-refractivity contribution is 5.79. The third-order valence-corrected chi connectivity index (χ3v) is 3.78. The molecular weight excluding hydrogens is 306 g/mol. The van der Waals surface area contributed by atoms with Crippen molar-refractivity contribution in [2.75, 3.05) is 24.6 Å². The lowest BCUT2D eigenvalue weighted by Crippen LogP contribution is -2.22. The molecule has 0 bridgehead atoms. The second-order valence-electron chi connectivity index (χ2n) is 5.29. The maximum atomic E-state index is 11.1. The molecule has 6 heteroatoms. The number of ether oxygens (including phenoxy) is 2. The Morgan fingerprint density at radius 3 is 2.67 bits per heavy atom. The number of rotatable bonds is 5. The molecule has 2 rings (SSSR count). The van der Waals surface area contributed by atoms with E-state index in [-0.39, 0.29) is 24.0 Å². The van der Waals surface area contributed by atoms with Crippen LogP contribution in [0, 0.1) is 11.3 Å². The zero-order valence-electron chi connectivity index (χ0n) is 14.1. The van der Waals surface area contributed by atoms with Crippen LogP contribution in [0.4, 0.5) is 5.69 Å². The molecule has 0 amide bonds. The molecule has 0 saturated carbocycles. The number of fused-ring (bicyclic) bond motifs is 1. The SMILES string of the molecule is CCN(CC)c1ccc2c(c1)O/C(=C(/N)C#N)C=C2COC(C)=O. The number of hydrogen-bond donors (Lipinski definition) is 1. The second-order valence-corrected chi connectivity index (χ2v) is 5.29. The summed E-state index contributed by atoms with van der Waals surface area (Å²) in [6.45, 7) is 7.34. The zero-order valence-corrected chi connectivity index (χ0v) is 14.1. The maximum Gasteiger partial charge on any atom is 0.302 e. The van der Waals surface area contributed by atoms with E-state index in [0.29, 0.717) is 5.75 Å². The van der Waals surface area contributed by atoms with Crippen LogP contribution in [-0.4, -0.2) is 25.7 Å². The van der Waals surface area contributed by atoms with Gasteiger partial charge in [-0.2, -0.15) is 5.26 Å². The fraction of sp³-hybridized carbons (Fsp3) is 0.333. The van der Waals surface area contributed by atoms with E-state index in [1.165, 1.54) is 6.92 Å². The largest absolute Gasteiger partial charge is 0.461 e. The van der Waals surface area contributed by atoms with Crippen LogP contribution in [0.15, 0.2) is 35.7 Å². The van der Waals surface area contributed by atoms with Gasteiger partial charge in [0, 0.05) is 42.9 Å². The number of nitrogens with zero attached hydrogens (tertiary/aromatic N) is 2. The van der Waals surface area contributed by atoms with Crippen molar-refractivity contribution < 1.29 is 14.3 Å². The van der Waals surface area contributed by atoms with E-state index < -0.39 is 0 Å². The molecule has 24 heavy (non-hydrogen) atoms. The molecule has 126 valence electrons. The maximum absolute atomic E-state index is 11.1. The number of anilines is 1. The molecule has 1 heterocycles. The summed E-state index contributed by atoms with van der Waals surface area (Å²) >= 11 is 0. The molecule has 6 nitrogen and oxygen atoms in total. The first-order valence-corrected chi connectivity index (χ1v) is 7.81. The number of allylic oxidation sites excluding steroid dienone is 2. The summed E-state index contributed by atoms with van der Waals surface area (Å²) in [7, 11) is 0. The van der Waals surface area contributed by atoms with Gasteiger partial charge in [0.05, 0.1) is 0 Å². The molecule has 0 saturated heterocycles. The van der Waals surface area contributed by atoms with Crippen LogP contribution in [0.5, 0.6) is 5.75 Å². The lowest BCUT2D eigenvalue weighted by Gasteiger charge is -2.25. The van der Waals surface area contributed by atoms with Crippen molar-refractivity contribution in [3.05, 3.63) is 41.3 Å². The molecule has 0 spiro atoms. The number of carbonyl (C=O) groups is 1. The Bertz CT molecular complexity index is 740. The molecule has 1 aromatic rings. The van der Waals surface area contributed by atoms with Gasteiger partial charge in [0.15, 0.2) is 11.5 Å². The Morgan fingerprint density at radius 2 is 2.08 bits per heavy atom. The Kier molecular flexibility index (Phi) is 5.48. The van der Waals surface area contributed by atoms with Gasteiger partial charge in [-0.25, -0.2) is 0 Å². The Labute approximate surface area is 141 Å². The van der Waals surface area contributed by atoms with Gasteiger partial charge in [-0.15, -0.1) is 0 Å². The first kappa shape index (κ1) is 17.4. The van der Waals surface area contributed by atoms with Crippen molar-refractivity contribution in [1.82, 2.24) is 0 Å². The summed E-state index contributed by atoms with van der Waals surface area (Å²) in [5.74, 6) is 0.489. The van der Waals surface area contributed by atoms with Gasteiger partial charge in [0.1, 0.15) is 18.4 Å². The zero-order chi connectivity index (χ0) is 17.7. The number of hydrogen-bond acceptors (Lipinski definition) is 6. The second kappa shape index (κ2) is 7.55. The van der Waals surface area contributed by atoms with E-state index >= 15 is 0 Å². The van der Waals surface area contributed by atoms with Crippen molar-refractivity contribution in [2.45, 2.75) is 20.8 Å². The van der Waals surface area contributed by atoms with E-state index in [1.54, 1.807) is 6.08 Å². The molecule has 1 aliphatic rings. The standard InChI is InChI=1S/C18H21N3O3/c1-4-21(5-2)14-6-7-15-13(11-23-12(3)22)8-18(16(20)10-19)24-17(15)9-14/h6-9H,4-5,11,20H2,1-3H3/b18-16+. The number of carbonyl (C=O) groups excluding carboxylic acids is 1. The predicted octanol–water partition coefficient (Wildman–Crippen LogP) is 2.57. The highest BCUT2D eigenvalue weighted by atomic mass is 16.5. The molecule has 0 atom stereocenters. The van der Waals surface area contributed by atoms with Crippen LogP contribution >= 0.6 is 0 Å². The number of nitriles is 1. The average Bonchev–Trinajstić information content (AvgIpc) is 2.59. The van der Waals surface area contributed by atoms with Gasteiger partial charge in [0.25, 0.3) is 0 Å². The molecule has 1 aromatic carbocycles. The average molecular weight is 327 g/mol. The Balaban J connectivity index is 2.47. The Morgan fingerprint density at radius 1 is 1.38 bits per heavy atom. The molecule has 0 unspecified atom stereocenters. The van der Waals surface area contributed by atoms with Crippen molar-refractivity contribution in [3.63, 3.8) is 0 Å². The van der Waals surface area contributed by atoms with Crippen LogP contribution in [0.1, 0.15) is 26.3 Å². The minimum absolute atomic E-state index is 0.0192. The van der Waals surface area contributed by atoms with E-state index in [4.69, 9.17) is 20.5 Å². The van der Waals surface area contributed by atoms with Crippen molar-refractivity contribution >= 4 is 17.2 Å². The first-order chi connectivity index (χ1) is 11.5. The smallest absolute Gasteiger partial charge is 0.302 e. The lowest BCUT2D eigenvalue weighted by molar-refractivity contribution is -0.139. The minimum Gasteiger partial charge on any atom is -0.461 e. The van der Waals surface area contributed by atoms with Crippen molar-refractivity contribution in [3.8, 4) is 11.8 Å². The van der Waals surface area contributed by atoms with Crippen LogP contribution in [0.2, 0.25) is 0 Å². The van der Waals surface area contributed by atoms with E-state index in [9.17, 15) is 4.79 Å². The van der Waals surface area contributed by atoms with Gasteiger partial charge in [0.2, 0.25) is 0 Å². The van der Waals surface area contributed by atoms with Gasteiger partial charge in [-0.1, -0.05) is 0 Å². The number of benzene rings is 1. The normalized spacial score (nSPS) is 14.7. The lowest BCUT2D eigenvalue weighted by atomic mass is 10.0. The van der Waals surface area contributed by atoms with Gasteiger partial charge in [-0.3, -0.25) is 4.79 Å². The third kappa shape index (κ3) is 3.69. The highest BCUT2D eigenvalue weighted by Crippen LogP contribution is 2.36. The van der Waals surface area contributed by atoms with Crippen molar-refractivity contribution in [2.24, 2.45) is 5.73 Å². The van der Waals surface area contributed by atoms with Crippen LogP contribution in [-0.2, 0) is 9.53 Å². The highest BCUT2D eigenvalue weighted by Gasteiger charge is 2.21. The summed E-state index contributed by atoms with van der Waals surface area (Å²) in [6.07, 6.45) is 1.64. The van der Waals surface area contributed by atoms with Crippen LogP contribution in [0.25, 0.3) is 5.57 Å². The van der Waals surface area contributed by atoms with Crippen LogP contribution in [0.3, 0.4) is 0 Å². The monoisotopic (exact) mass is 327 g/mol. The fourth-order valence-corrected chi connectivity index (χ4v) is 2.52. The van der Waals surface area contributed by atoms with Crippen molar-refractivity contribution in [1.29, 1.82) is 5.26 Å². The first-order valence-electron chi connectivity index (χ1n) is 7.81. The minimum atomic E-state index is -0.373. The molecule has 0 fully saturated rings. The predicted molar refractivity (Wildman–Crippen MR) is 92.1 cm³/mol. The summed E-state index contributed by atoms with van der Waals surface area (Å²) in [5.41, 5.74) is 8.26. The quantitative estimate of drug-likeness (QED) is 0.660. The van der Waals surface area contributed by atoms with Gasteiger partial charge in [-0.05, 0) is 32.1 Å². The summed E-state index contributed by atoms with van der Waals surface area (Å²) in [5, 5.41) is 9.02. The molecule has 0 aliphatic carbocycles. The summed E-state index contributed by atoms with van der Waals surface area (Å²) in [4.78, 5) is 13.3.